The average molecular weight is 284 g/mol. The van der Waals surface area contributed by atoms with Crippen LogP contribution in [0.4, 0.5) is 0 Å². The van der Waals surface area contributed by atoms with Crippen molar-refractivity contribution in [3.8, 4) is 11.5 Å². The summed E-state index contributed by atoms with van der Waals surface area (Å²) in [7, 11) is 0. The fourth-order valence-electron chi connectivity index (χ4n) is 1.58. The van der Waals surface area contributed by atoms with Gasteiger partial charge in [-0.25, -0.2) is 4.79 Å². The summed E-state index contributed by atoms with van der Waals surface area (Å²) in [5.41, 5.74) is 0. The Morgan fingerprint density at radius 2 is 1.33 bits per heavy atom. The minimum absolute atomic E-state index is 0.124. The van der Waals surface area contributed by atoms with Gasteiger partial charge in [-0.2, -0.15) is 0 Å². The molecule has 0 radical (unpaired) electrons. The second-order valence-corrected chi connectivity index (χ2v) is 4.23. The van der Waals surface area contributed by atoms with Crippen LogP contribution in [0.1, 0.15) is 0 Å². The van der Waals surface area contributed by atoms with E-state index in [0.717, 1.165) is 0 Å². The van der Waals surface area contributed by atoms with E-state index >= 15 is 0 Å². The molecule has 0 amide bonds. The Morgan fingerprint density at radius 3 is 1.90 bits per heavy atom. The fraction of sp³-hybridized carbons (Fsp3) is 0.118. The highest BCUT2D eigenvalue weighted by molar-refractivity contribution is 5.73. The molecule has 0 spiro atoms. The number of rotatable bonds is 7. The minimum Gasteiger partial charge on any atom is -0.460 e. The molecule has 4 heteroatoms. The maximum absolute atomic E-state index is 11.5. The maximum atomic E-state index is 11.5. The zero-order valence-corrected chi connectivity index (χ0v) is 11.5. The second-order valence-electron chi connectivity index (χ2n) is 4.23. The molecule has 0 unspecified atom stereocenters. The summed E-state index contributed by atoms with van der Waals surface area (Å²) in [5, 5.41) is 0. The quantitative estimate of drug-likeness (QED) is 0.445. The first kappa shape index (κ1) is 14.8. The van der Waals surface area contributed by atoms with E-state index in [2.05, 4.69) is 6.58 Å². The molecule has 0 fully saturated rings. The topological polar surface area (TPSA) is 44.8 Å². The monoisotopic (exact) mass is 284 g/mol. The summed E-state index contributed by atoms with van der Waals surface area (Å²) >= 11 is 0. The van der Waals surface area contributed by atoms with Crippen molar-refractivity contribution in [3.63, 3.8) is 0 Å². The van der Waals surface area contributed by atoms with Crippen LogP contribution < -0.4 is 9.47 Å². The van der Waals surface area contributed by atoms with Crippen molar-refractivity contribution in [1.29, 1.82) is 0 Å². The van der Waals surface area contributed by atoms with Gasteiger partial charge in [-0.3, -0.25) is 0 Å². The first-order valence-electron chi connectivity index (χ1n) is 6.48. The van der Waals surface area contributed by atoms with Gasteiger partial charge in [0.15, 0.2) is 0 Å². The number of hydrogen-bond acceptors (Lipinski definition) is 4. The van der Waals surface area contributed by atoms with Gasteiger partial charge in [0.2, 0.25) is 0 Å². The van der Waals surface area contributed by atoms with Crippen molar-refractivity contribution in [2.45, 2.75) is 0 Å². The maximum Gasteiger partial charge on any atom is 0.337 e. The molecule has 0 N–H and O–H groups in total. The van der Waals surface area contributed by atoms with Gasteiger partial charge in [0.05, 0.1) is 0 Å². The first-order valence-corrected chi connectivity index (χ1v) is 6.48. The van der Waals surface area contributed by atoms with Gasteiger partial charge in [-0.15, -0.1) is 0 Å². The molecule has 21 heavy (non-hydrogen) atoms. The predicted octanol–water partition coefficient (Wildman–Crippen LogP) is 3.20. The Balaban J connectivity index is 1.67. The van der Waals surface area contributed by atoms with Crippen molar-refractivity contribution in [2.24, 2.45) is 0 Å². The van der Waals surface area contributed by atoms with E-state index in [1.807, 2.05) is 36.4 Å². The van der Waals surface area contributed by atoms with Gasteiger partial charge in [0.1, 0.15) is 30.5 Å². The van der Waals surface area contributed by atoms with Gasteiger partial charge in [-0.1, -0.05) is 43.0 Å². The lowest BCUT2D eigenvalue weighted by molar-refractivity contribution is -0.139. The van der Waals surface area contributed by atoms with Crippen LogP contribution in [0.5, 0.6) is 11.5 Å². The molecular weight excluding hydrogens is 268 g/mol. The first-order chi connectivity index (χ1) is 10.2. The number of carbonyl (C=O) groups is 1. The molecule has 0 aliphatic carbocycles. The summed E-state index contributed by atoms with van der Waals surface area (Å²) < 4.78 is 15.7. The molecule has 0 atom stereocenters. The number of hydrogen-bond donors (Lipinski definition) is 0. The van der Waals surface area contributed by atoms with Crippen LogP contribution in [0.15, 0.2) is 73.0 Å². The van der Waals surface area contributed by atoms with Crippen LogP contribution in [0.2, 0.25) is 0 Å². The van der Waals surface area contributed by atoms with E-state index in [-0.39, 0.29) is 13.2 Å². The lowest BCUT2D eigenvalue weighted by Crippen LogP contribution is -2.17. The third kappa shape index (κ3) is 5.50. The smallest absolute Gasteiger partial charge is 0.337 e. The zero-order chi connectivity index (χ0) is 14.9. The molecule has 4 nitrogen and oxygen atoms in total. The van der Waals surface area contributed by atoms with Crippen LogP contribution in [-0.4, -0.2) is 19.2 Å². The SMILES string of the molecule is C=C(COCC(=O)Oc1ccccc1)Oc1ccccc1. The summed E-state index contributed by atoms with van der Waals surface area (Å²) in [6.07, 6.45) is 0. The van der Waals surface area contributed by atoms with E-state index in [0.29, 0.717) is 17.3 Å². The number of benzene rings is 2. The third-order valence-electron chi connectivity index (χ3n) is 2.46. The predicted molar refractivity (Wildman–Crippen MR) is 79.1 cm³/mol. The lowest BCUT2D eigenvalue weighted by atomic mass is 10.3. The van der Waals surface area contributed by atoms with Crippen LogP contribution in [0.3, 0.4) is 0 Å². The Morgan fingerprint density at radius 1 is 0.810 bits per heavy atom. The molecule has 0 aliphatic heterocycles. The van der Waals surface area contributed by atoms with Crippen molar-refractivity contribution in [2.75, 3.05) is 13.2 Å². The van der Waals surface area contributed by atoms with Crippen molar-refractivity contribution in [1.82, 2.24) is 0 Å². The van der Waals surface area contributed by atoms with Crippen molar-refractivity contribution >= 4 is 5.97 Å². The zero-order valence-electron chi connectivity index (χ0n) is 11.5. The summed E-state index contributed by atoms with van der Waals surface area (Å²) in [6.45, 7) is 3.69. The van der Waals surface area contributed by atoms with E-state index < -0.39 is 5.97 Å². The summed E-state index contributed by atoms with van der Waals surface area (Å²) in [5.74, 6) is 1.13. The van der Waals surface area contributed by atoms with Crippen LogP contribution in [-0.2, 0) is 9.53 Å². The number of carbonyl (C=O) groups excluding carboxylic acids is 1. The van der Waals surface area contributed by atoms with Crippen LogP contribution in [0.25, 0.3) is 0 Å². The molecule has 0 heterocycles. The Hall–Kier alpha value is -2.59. The number of para-hydroxylation sites is 2. The molecule has 0 aromatic heterocycles. The van der Waals surface area contributed by atoms with Gasteiger partial charge in [0, 0.05) is 0 Å². The highest BCUT2D eigenvalue weighted by atomic mass is 16.6. The Labute approximate surface area is 123 Å². The molecule has 2 rings (SSSR count). The molecular formula is C17H16O4. The molecule has 108 valence electrons. The van der Waals surface area contributed by atoms with Crippen LogP contribution >= 0.6 is 0 Å². The van der Waals surface area contributed by atoms with Crippen LogP contribution in [0, 0.1) is 0 Å². The molecule has 0 saturated carbocycles. The normalized spacial score (nSPS) is 9.90. The van der Waals surface area contributed by atoms with E-state index in [4.69, 9.17) is 14.2 Å². The molecule has 0 aliphatic rings. The molecule has 2 aromatic carbocycles. The van der Waals surface area contributed by atoms with Crippen molar-refractivity contribution < 1.29 is 19.0 Å². The molecule has 0 saturated heterocycles. The Kier molecular flexibility index (Phi) is 5.55. The fourth-order valence-corrected chi connectivity index (χ4v) is 1.58. The second kappa shape index (κ2) is 7.87. The van der Waals surface area contributed by atoms with Gasteiger partial charge >= 0.3 is 5.97 Å². The van der Waals surface area contributed by atoms with E-state index in [9.17, 15) is 4.79 Å². The lowest BCUT2D eigenvalue weighted by Gasteiger charge is -2.09. The number of ether oxygens (including phenoxy) is 3. The highest BCUT2D eigenvalue weighted by Crippen LogP contribution is 2.12. The van der Waals surface area contributed by atoms with Gasteiger partial charge in [0.25, 0.3) is 0 Å². The number of esters is 1. The summed E-state index contributed by atoms with van der Waals surface area (Å²) in [6, 6.07) is 18.1. The van der Waals surface area contributed by atoms with Gasteiger partial charge < -0.3 is 14.2 Å². The molecule has 2 aromatic rings. The molecule has 0 bridgehead atoms. The largest absolute Gasteiger partial charge is 0.460 e. The van der Waals surface area contributed by atoms with Crippen molar-refractivity contribution in [3.05, 3.63) is 73.0 Å². The van der Waals surface area contributed by atoms with E-state index in [1.165, 1.54) is 0 Å². The third-order valence-corrected chi connectivity index (χ3v) is 2.46. The Bertz CT molecular complexity index is 525. The van der Waals surface area contributed by atoms with E-state index in [1.54, 1.807) is 24.3 Å². The minimum atomic E-state index is -0.464. The average Bonchev–Trinajstić information content (AvgIpc) is 2.49. The van der Waals surface area contributed by atoms with Gasteiger partial charge in [-0.05, 0) is 24.3 Å². The standard InChI is InChI=1S/C17H16O4/c1-14(20-15-8-4-2-5-9-15)12-19-13-17(18)21-16-10-6-3-7-11-16/h2-11H,1,12-13H2. The summed E-state index contributed by atoms with van der Waals surface area (Å²) in [4.78, 5) is 11.5. The highest BCUT2D eigenvalue weighted by Gasteiger charge is 2.06.